The van der Waals surface area contributed by atoms with Crippen molar-refractivity contribution in [2.75, 3.05) is 14.2 Å². The van der Waals surface area contributed by atoms with E-state index in [0.717, 1.165) is 0 Å². The van der Waals surface area contributed by atoms with Gasteiger partial charge in [0.2, 0.25) is 0 Å². The Morgan fingerprint density at radius 2 is 1.67 bits per heavy atom. The van der Waals surface area contributed by atoms with Crippen molar-refractivity contribution in [2.45, 2.75) is 11.8 Å². The van der Waals surface area contributed by atoms with Crippen molar-refractivity contribution >= 4 is 27.3 Å². The van der Waals surface area contributed by atoms with Crippen LogP contribution in [0.15, 0.2) is 52.5 Å². The first-order chi connectivity index (χ1) is 11.4. The van der Waals surface area contributed by atoms with Crippen LogP contribution < -0.4 is 14.3 Å². The number of benzene rings is 2. The number of rotatable bonds is 6. The first-order valence-electron chi connectivity index (χ1n) is 6.91. The second kappa shape index (κ2) is 7.55. The number of halogens is 1. The summed E-state index contributed by atoms with van der Waals surface area (Å²) in [4.78, 5) is 2.28. The van der Waals surface area contributed by atoms with Gasteiger partial charge in [-0.3, -0.25) is 0 Å². The van der Waals surface area contributed by atoms with Crippen LogP contribution in [0.4, 0.5) is 0 Å². The molecule has 0 aliphatic rings. The molecule has 0 saturated heterocycles. The summed E-state index contributed by atoms with van der Waals surface area (Å²) in [6.07, 6.45) is 0. The number of hydrogen-bond acceptors (Lipinski definition) is 5. The van der Waals surface area contributed by atoms with Crippen LogP contribution in [-0.2, 0) is 10.0 Å². The van der Waals surface area contributed by atoms with Gasteiger partial charge in [0.1, 0.15) is 0 Å². The van der Waals surface area contributed by atoms with Gasteiger partial charge < -0.3 is 9.47 Å². The number of hydrazone groups is 1. The van der Waals surface area contributed by atoms with E-state index in [4.69, 9.17) is 21.1 Å². The molecular weight excluding hydrogens is 352 g/mol. The summed E-state index contributed by atoms with van der Waals surface area (Å²) in [6, 6.07) is 11.0. The van der Waals surface area contributed by atoms with Crippen LogP contribution in [-0.4, -0.2) is 28.3 Å². The Morgan fingerprint density at radius 3 is 2.25 bits per heavy atom. The summed E-state index contributed by atoms with van der Waals surface area (Å²) in [6.45, 7) is 1.69. The van der Waals surface area contributed by atoms with Crippen molar-refractivity contribution in [1.82, 2.24) is 4.83 Å². The molecule has 0 saturated carbocycles. The molecule has 128 valence electrons. The van der Waals surface area contributed by atoms with Crippen molar-refractivity contribution in [1.29, 1.82) is 0 Å². The predicted molar refractivity (Wildman–Crippen MR) is 93.5 cm³/mol. The first-order valence-corrected chi connectivity index (χ1v) is 8.77. The Balaban J connectivity index is 2.23. The highest BCUT2D eigenvalue weighted by atomic mass is 35.5. The number of ether oxygens (including phenoxy) is 2. The Morgan fingerprint density at radius 1 is 1.04 bits per heavy atom. The van der Waals surface area contributed by atoms with Gasteiger partial charge in [-0.1, -0.05) is 11.6 Å². The molecule has 6 nitrogen and oxygen atoms in total. The second-order valence-corrected chi connectivity index (χ2v) is 6.91. The quantitative estimate of drug-likeness (QED) is 0.628. The van der Waals surface area contributed by atoms with E-state index in [2.05, 4.69) is 9.93 Å². The highest BCUT2D eigenvalue weighted by molar-refractivity contribution is 7.89. The zero-order valence-electron chi connectivity index (χ0n) is 13.4. The van der Waals surface area contributed by atoms with E-state index in [-0.39, 0.29) is 4.90 Å². The maximum Gasteiger partial charge on any atom is 0.276 e. The van der Waals surface area contributed by atoms with Gasteiger partial charge in [0.15, 0.2) is 11.5 Å². The molecule has 1 N–H and O–H groups in total. The molecule has 0 heterocycles. The summed E-state index contributed by atoms with van der Waals surface area (Å²) >= 11 is 5.76. The summed E-state index contributed by atoms with van der Waals surface area (Å²) in [7, 11) is -0.695. The molecule has 2 aromatic rings. The van der Waals surface area contributed by atoms with Gasteiger partial charge in [-0.25, -0.2) is 0 Å². The van der Waals surface area contributed by atoms with Crippen LogP contribution in [0.3, 0.4) is 0 Å². The van der Waals surface area contributed by atoms with Crippen molar-refractivity contribution in [3.8, 4) is 11.5 Å². The molecule has 0 radical (unpaired) electrons. The summed E-state index contributed by atoms with van der Waals surface area (Å²) in [5.41, 5.74) is 1.18. The Hall–Kier alpha value is -2.25. The average Bonchev–Trinajstić information content (AvgIpc) is 2.59. The van der Waals surface area contributed by atoms with Gasteiger partial charge in [-0.05, 0) is 49.4 Å². The topological polar surface area (TPSA) is 77.0 Å². The van der Waals surface area contributed by atoms with E-state index in [1.807, 2.05) is 0 Å². The molecule has 2 aromatic carbocycles. The van der Waals surface area contributed by atoms with Gasteiger partial charge in [0.05, 0.1) is 24.8 Å². The minimum Gasteiger partial charge on any atom is -0.493 e. The molecule has 0 aromatic heterocycles. The molecule has 0 aliphatic heterocycles. The van der Waals surface area contributed by atoms with E-state index in [1.165, 1.54) is 31.4 Å². The molecule has 0 spiro atoms. The standard InChI is InChI=1S/C16H17ClN2O4S/c1-11(12-4-9-15(22-2)16(10-12)23-3)18-19-24(20,21)14-7-5-13(17)6-8-14/h4-10,19H,1-3H3/b18-11+. The smallest absolute Gasteiger partial charge is 0.276 e. The third-order valence-corrected chi connectivity index (χ3v) is 4.74. The molecule has 24 heavy (non-hydrogen) atoms. The predicted octanol–water partition coefficient (Wildman–Crippen LogP) is 3.06. The fourth-order valence-electron chi connectivity index (χ4n) is 1.92. The van der Waals surface area contributed by atoms with Crippen LogP contribution in [0.25, 0.3) is 0 Å². The SMILES string of the molecule is COc1ccc(/C(C)=N/NS(=O)(=O)c2ccc(Cl)cc2)cc1OC. The van der Waals surface area contributed by atoms with Crippen molar-refractivity contribution in [3.05, 3.63) is 53.1 Å². The van der Waals surface area contributed by atoms with Gasteiger partial charge in [-0.15, -0.1) is 0 Å². The fourth-order valence-corrected chi connectivity index (χ4v) is 2.90. The Labute approximate surface area is 146 Å². The van der Waals surface area contributed by atoms with Crippen molar-refractivity contribution in [2.24, 2.45) is 5.10 Å². The molecular formula is C16H17ClN2O4S. The third-order valence-electron chi connectivity index (χ3n) is 3.26. The molecule has 0 aliphatic carbocycles. The molecule has 0 fully saturated rings. The number of nitrogens with zero attached hydrogens (tertiary/aromatic N) is 1. The minimum atomic E-state index is -3.76. The lowest BCUT2D eigenvalue weighted by atomic mass is 10.1. The lowest BCUT2D eigenvalue weighted by Crippen LogP contribution is -2.19. The molecule has 2 rings (SSSR count). The normalized spacial score (nSPS) is 11.9. The number of methoxy groups -OCH3 is 2. The molecule has 0 amide bonds. The van der Waals surface area contributed by atoms with Crippen LogP contribution in [0.2, 0.25) is 5.02 Å². The highest BCUT2D eigenvalue weighted by Crippen LogP contribution is 2.27. The molecule has 0 atom stereocenters. The maximum atomic E-state index is 12.2. The third kappa shape index (κ3) is 4.18. The van der Waals surface area contributed by atoms with Crippen molar-refractivity contribution < 1.29 is 17.9 Å². The summed E-state index contributed by atoms with van der Waals surface area (Å²) in [5, 5.41) is 4.40. The van der Waals surface area contributed by atoms with E-state index < -0.39 is 10.0 Å². The summed E-state index contributed by atoms with van der Waals surface area (Å²) < 4.78 is 34.8. The number of sulfonamides is 1. The Kier molecular flexibility index (Phi) is 5.69. The van der Waals surface area contributed by atoms with Gasteiger partial charge in [-0.2, -0.15) is 18.4 Å². The Bertz CT molecular complexity index is 849. The van der Waals surface area contributed by atoms with E-state index in [0.29, 0.717) is 27.8 Å². The first kappa shape index (κ1) is 18.1. The monoisotopic (exact) mass is 368 g/mol. The average molecular weight is 369 g/mol. The van der Waals surface area contributed by atoms with E-state index in [9.17, 15) is 8.42 Å². The molecule has 8 heteroatoms. The largest absolute Gasteiger partial charge is 0.493 e. The van der Waals surface area contributed by atoms with E-state index >= 15 is 0 Å². The fraction of sp³-hybridized carbons (Fsp3) is 0.188. The zero-order valence-corrected chi connectivity index (χ0v) is 15.0. The van der Waals surface area contributed by atoms with Crippen LogP contribution >= 0.6 is 11.6 Å². The zero-order chi connectivity index (χ0) is 17.7. The summed E-state index contributed by atoms with van der Waals surface area (Å²) in [5.74, 6) is 1.11. The lowest BCUT2D eigenvalue weighted by molar-refractivity contribution is 0.355. The van der Waals surface area contributed by atoms with Gasteiger partial charge in [0, 0.05) is 10.6 Å². The number of nitrogens with one attached hydrogen (secondary N) is 1. The maximum absolute atomic E-state index is 12.2. The van der Waals surface area contributed by atoms with Crippen molar-refractivity contribution in [3.63, 3.8) is 0 Å². The van der Waals surface area contributed by atoms with Gasteiger partial charge in [0.25, 0.3) is 10.0 Å². The number of hydrogen-bond donors (Lipinski definition) is 1. The molecule has 0 unspecified atom stereocenters. The van der Waals surface area contributed by atoms with Gasteiger partial charge >= 0.3 is 0 Å². The second-order valence-electron chi connectivity index (χ2n) is 4.82. The van der Waals surface area contributed by atoms with Crippen LogP contribution in [0, 0.1) is 0 Å². The highest BCUT2D eigenvalue weighted by Gasteiger charge is 2.13. The van der Waals surface area contributed by atoms with Crippen LogP contribution in [0.1, 0.15) is 12.5 Å². The minimum absolute atomic E-state index is 0.0794. The molecule has 0 bridgehead atoms. The van der Waals surface area contributed by atoms with E-state index in [1.54, 1.807) is 32.2 Å². The van der Waals surface area contributed by atoms with Crippen LogP contribution in [0.5, 0.6) is 11.5 Å². The lowest BCUT2D eigenvalue weighted by Gasteiger charge is -2.10.